The van der Waals surface area contributed by atoms with Gasteiger partial charge in [0.15, 0.2) is 0 Å². The molecule has 1 heterocycles. The maximum Gasteiger partial charge on any atom is 0.0858 e. The highest BCUT2D eigenvalue weighted by molar-refractivity contribution is 5.58. The second kappa shape index (κ2) is 14.8. The Morgan fingerprint density at radius 2 is 0.773 bits per heavy atom. The second-order valence-electron chi connectivity index (χ2n) is 10.8. The molecular weight excluding hydrogens is 544 g/mol. The molecule has 4 aromatic carbocycles. The lowest BCUT2D eigenvalue weighted by molar-refractivity contribution is 0.653. The molecule has 8 heteroatoms. The van der Waals surface area contributed by atoms with E-state index in [1.54, 1.807) is 0 Å². The van der Waals surface area contributed by atoms with E-state index in [-0.39, 0.29) is 0 Å². The summed E-state index contributed by atoms with van der Waals surface area (Å²) in [5.41, 5.74) is 7.99. The monoisotopic (exact) mass is 584 g/mol. The van der Waals surface area contributed by atoms with Crippen LogP contribution < -0.4 is 19.6 Å². The highest BCUT2D eigenvalue weighted by Gasteiger charge is 2.17. The Bertz CT molecular complexity index is 1430. The Morgan fingerprint density at radius 1 is 0.500 bits per heavy atom. The molecule has 1 saturated heterocycles. The summed E-state index contributed by atoms with van der Waals surface area (Å²) in [6.45, 7) is 13.0. The van der Waals surface area contributed by atoms with Crippen molar-refractivity contribution in [3.05, 3.63) is 122 Å². The summed E-state index contributed by atoms with van der Waals surface area (Å²) < 4.78 is 0. The van der Waals surface area contributed by atoms with Gasteiger partial charge in [0.1, 0.15) is 0 Å². The van der Waals surface area contributed by atoms with E-state index in [4.69, 9.17) is 0 Å². The molecule has 0 spiro atoms. The maximum absolute atomic E-state index is 4.43. The number of rotatable bonds is 12. The third-order valence-electron chi connectivity index (χ3n) is 7.66. The summed E-state index contributed by atoms with van der Waals surface area (Å²) in [6, 6.07) is 32.7. The van der Waals surface area contributed by atoms with Crippen molar-refractivity contribution in [1.82, 2.24) is 0 Å². The topological polar surface area (TPSA) is 62.4 Å². The fourth-order valence-electron chi connectivity index (χ4n) is 5.06. The molecular formula is C36H40N8. The molecule has 4 aromatic rings. The zero-order valence-corrected chi connectivity index (χ0v) is 25.6. The van der Waals surface area contributed by atoms with Crippen molar-refractivity contribution in [2.24, 2.45) is 20.5 Å². The number of hydrogen-bond acceptors (Lipinski definition) is 8. The molecule has 0 radical (unpaired) electrons. The Hall–Kier alpha value is -5.24. The molecule has 0 aromatic heterocycles. The molecule has 0 atom stereocenters. The molecule has 8 nitrogen and oxygen atoms in total. The third kappa shape index (κ3) is 7.98. The molecule has 5 rings (SSSR count). The lowest BCUT2D eigenvalue weighted by Crippen LogP contribution is -2.46. The number of piperazine rings is 1. The largest absolute Gasteiger partial charge is 0.371 e. The Kier molecular flexibility index (Phi) is 10.2. The van der Waals surface area contributed by atoms with E-state index in [9.17, 15) is 0 Å². The fourth-order valence-corrected chi connectivity index (χ4v) is 5.06. The minimum absolute atomic E-state index is 0.801. The van der Waals surface area contributed by atoms with Crippen LogP contribution in [0, 0.1) is 0 Å². The molecule has 0 bridgehead atoms. The van der Waals surface area contributed by atoms with Gasteiger partial charge in [0, 0.05) is 76.1 Å². The van der Waals surface area contributed by atoms with E-state index in [2.05, 4.69) is 77.5 Å². The molecule has 0 saturated carbocycles. The van der Waals surface area contributed by atoms with Crippen molar-refractivity contribution in [2.45, 2.75) is 0 Å². The highest BCUT2D eigenvalue weighted by Crippen LogP contribution is 2.27. The van der Waals surface area contributed by atoms with Crippen molar-refractivity contribution in [3.8, 4) is 0 Å². The lowest BCUT2D eigenvalue weighted by atomic mass is 10.2. The molecule has 44 heavy (non-hydrogen) atoms. The summed E-state index contributed by atoms with van der Waals surface area (Å²) in [6.07, 6.45) is 3.77. The minimum Gasteiger partial charge on any atom is -0.371 e. The Balaban J connectivity index is 1.10. The van der Waals surface area contributed by atoms with E-state index in [0.717, 1.165) is 73.4 Å². The van der Waals surface area contributed by atoms with E-state index in [0.29, 0.717) is 0 Å². The third-order valence-corrected chi connectivity index (χ3v) is 7.66. The van der Waals surface area contributed by atoms with E-state index in [1.807, 2.05) is 99.0 Å². The average molecular weight is 585 g/mol. The van der Waals surface area contributed by atoms with Crippen LogP contribution in [0.1, 0.15) is 0 Å². The molecule has 0 amide bonds. The van der Waals surface area contributed by atoms with Gasteiger partial charge in [-0.25, -0.2) is 0 Å². The van der Waals surface area contributed by atoms with Gasteiger partial charge in [0.25, 0.3) is 0 Å². The van der Waals surface area contributed by atoms with Gasteiger partial charge in [-0.1, -0.05) is 12.2 Å². The molecule has 1 fully saturated rings. The summed E-state index contributed by atoms with van der Waals surface area (Å²) in [5.74, 6) is 0. The Labute approximate surface area is 261 Å². The van der Waals surface area contributed by atoms with Gasteiger partial charge < -0.3 is 19.6 Å². The zero-order chi connectivity index (χ0) is 30.7. The Morgan fingerprint density at radius 3 is 1.05 bits per heavy atom. The first-order valence-electron chi connectivity index (χ1n) is 14.9. The fraction of sp³-hybridized carbons (Fsp3) is 0.222. The summed E-state index contributed by atoms with van der Waals surface area (Å²) >= 11 is 0. The molecule has 0 N–H and O–H groups in total. The predicted molar refractivity (Wildman–Crippen MR) is 185 cm³/mol. The van der Waals surface area contributed by atoms with E-state index >= 15 is 0 Å². The first kappa shape index (κ1) is 30.2. The van der Waals surface area contributed by atoms with Crippen LogP contribution in [0.2, 0.25) is 0 Å². The average Bonchev–Trinajstić information content (AvgIpc) is 3.08. The van der Waals surface area contributed by atoms with Crippen LogP contribution in [-0.4, -0.2) is 53.4 Å². The lowest BCUT2D eigenvalue weighted by Gasteiger charge is -2.37. The second-order valence-corrected chi connectivity index (χ2v) is 10.8. The van der Waals surface area contributed by atoms with Crippen molar-refractivity contribution in [1.29, 1.82) is 0 Å². The zero-order valence-electron chi connectivity index (χ0n) is 25.6. The van der Waals surface area contributed by atoms with Gasteiger partial charge in [0.05, 0.1) is 22.7 Å². The smallest absolute Gasteiger partial charge is 0.0858 e. The maximum atomic E-state index is 4.43. The van der Waals surface area contributed by atoms with Gasteiger partial charge >= 0.3 is 0 Å². The standard InChI is InChI=1S/C36H40N8/c1-5-23-41(3)33-15-7-29(8-16-33)37-39-31-11-19-35(20-12-31)43-25-27-44(28-26-43)36-21-13-32(14-22-36)40-38-30-9-17-34(18-10-30)42(4)24-6-2/h5-22H,1-2,23-28H2,3-4H3. The van der Waals surface area contributed by atoms with Crippen LogP contribution >= 0.6 is 0 Å². The predicted octanol–water partition coefficient (Wildman–Crippen LogP) is 9.09. The molecule has 0 aliphatic carbocycles. The van der Waals surface area contributed by atoms with Crippen LogP contribution in [0.5, 0.6) is 0 Å². The summed E-state index contributed by atoms with van der Waals surface area (Å²) in [4.78, 5) is 9.09. The first-order valence-corrected chi connectivity index (χ1v) is 14.9. The van der Waals surface area contributed by atoms with Gasteiger partial charge in [0.2, 0.25) is 0 Å². The number of likely N-dealkylation sites (N-methyl/N-ethyl adjacent to an activating group) is 2. The molecule has 0 unspecified atom stereocenters. The number of anilines is 4. The molecule has 1 aliphatic heterocycles. The SMILES string of the molecule is C=CCN(C)c1ccc(N=Nc2ccc(N3CCN(c4ccc(N=Nc5ccc(N(C)CC=C)cc5)cc4)CC3)cc2)cc1. The van der Waals surface area contributed by atoms with Gasteiger partial charge in [-0.3, -0.25) is 0 Å². The normalized spacial score (nSPS) is 13.4. The van der Waals surface area contributed by atoms with E-state index < -0.39 is 0 Å². The van der Waals surface area contributed by atoms with E-state index in [1.165, 1.54) is 11.4 Å². The van der Waals surface area contributed by atoms with Crippen LogP contribution in [0.4, 0.5) is 45.5 Å². The summed E-state index contributed by atoms with van der Waals surface area (Å²) in [7, 11) is 4.08. The number of azo groups is 2. The molecule has 1 aliphatic rings. The first-order chi connectivity index (χ1) is 21.5. The van der Waals surface area contributed by atoms with Crippen molar-refractivity contribution >= 4 is 45.5 Å². The van der Waals surface area contributed by atoms with Crippen LogP contribution in [0.25, 0.3) is 0 Å². The van der Waals surface area contributed by atoms with Crippen molar-refractivity contribution in [3.63, 3.8) is 0 Å². The minimum atomic E-state index is 0.801. The van der Waals surface area contributed by atoms with Gasteiger partial charge in [-0.2, -0.15) is 20.5 Å². The van der Waals surface area contributed by atoms with Crippen LogP contribution in [0.15, 0.2) is 143 Å². The van der Waals surface area contributed by atoms with Crippen LogP contribution in [0.3, 0.4) is 0 Å². The molecule has 224 valence electrons. The van der Waals surface area contributed by atoms with Crippen LogP contribution in [-0.2, 0) is 0 Å². The van der Waals surface area contributed by atoms with Crippen molar-refractivity contribution in [2.75, 3.05) is 73.0 Å². The van der Waals surface area contributed by atoms with Crippen molar-refractivity contribution < 1.29 is 0 Å². The summed E-state index contributed by atoms with van der Waals surface area (Å²) in [5, 5.41) is 17.7. The quantitative estimate of drug-likeness (QED) is 0.123. The van der Waals surface area contributed by atoms with Gasteiger partial charge in [-0.05, 0) is 97.1 Å². The number of hydrogen-bond donors (Lipinski definition) is 0. The number of nitrogens with zero attached hydrogens (tertiary/aromatic N) is 8. The number of benzene rings is 4. The highest BCUT2D eigenvalue weighted by atomic mass is 15.3. The van der Waals surface area contributed by atoms with Gasteiger partial charge in [-0.15, -0.1) is 13.2 Å².